The van der Waals surface area contributed by atoms with Gasteiger partial charge in [-0.3, -0.25) is 4.79 Å². The van der Waals surface area contributed by atoms with Crippen molar-refractivity contribution in [3.05, 3.63) is 0 Å². The fourth-order valence-electron chi connectivity index (χ4n) is 1.71. The number of hydrogen-bond acceptors (Lipinski definition) is 3. The van der Waals surface area contributed by atoms with E-state index in [1.165, 1.54) is 0 Å². The first kappa shape index (κ1) is 11.5. The van der Waals surface area contributed by atoms with Gasteiger partial charge in [-0.15, -0.1) is 0 Å². The minimum atomic E-state index is -0.414. The monoisotopic (exact) mass is 200 g/mol. The molecule has 1 aliphatic heterocycles. The Kier molecular flexibility index (Phi) is 3.89. The van der Waals surface area contributed by atoms with Gasteiger partial charge in [0, 0.05) is 19.3 Å². The highest BCUT2D eigenvalue weighted by Gasteiger charge is 2.38. The van der Waals surface area contributed by atoms with Crippen LogP contribution in [0.25, 0.3) is 0 Å². The maximum atomic E-state index is 11.9. The molecule has 1 heterocycles. The number of carbonyl (C=O) groups excluding carboxylic acids is 1. The molecule has 14 heavy (non-hydrogen) atoms. The molecule has 0 aromatic rings. The van der Waals surface area contributed by atoms with E-state index in [9.17, 15) is 4.79 Å². The normalized spacial score (nSPS) is 20.9. The molecule has 82 valence electrons. The molecule has 0 aliphatic carbocycles. The van der Waals surface area contributed by atoms with E-state index >= 15 is 0 Å². The van der Waals surface area contributed by atoms with Crippen molar-refractivity contribution in [1.29, 1.82) is 0 Å². The van der Waals surface area contributed by atoms with Gasteiger partial charge in [-0.05, 0) is 33.7 Å². The quantitative estimate of drug-likeness (QED) is 0.688. The fourth-order valence-corrected chi connectivity index (χ4v) is 1.71. The number of nitrogens with one attached hydrogen (secondary N) is 2. The summed E-state index contributed by atoms with van der Waals surface area (Å²) in [5.74, 6) is 0.0956. The first-order chi connectivity index (χ1) is 6.60. The number of ether oxygens (including phenoxy) is 1. The van der Waals surface area contributed by atoms with Crippen molar-refractivity contribution in [1.82, 2.24) is 10.6 Å². The van der Waals surface area contributed by atoms with Crippen LogP contribution >= 0.6 is 0 Å². The van der Waals surface area contributed by atoms with Crippen LogP contribution in [0.1, 0.15) is 26.7 Å². The number of carbonyl (C=O) groups is 1. The Morgan fingerprint density at radius 2 is 1.93 bits per heavy atom. The number of likely N-dealkylation sites (N-methyl/N-ethyl adjacent to an activating group) is 1. The minimum Gasteiger partial charge on any atom is -0.381 e. The molecule has 0 spiro atoms. The van der Waals surface area contributed by atoms with Crippen molar-refractivity contribution in [3.63, 3.8) is 0 Å². The van der Waals surface area contributed by atoms with Crippen LogP contribution in [0, 0.1) is 0 Å². The van der Waals surface area contributed by atoms with E-state index in [2.05, 4.69) is 10.6 Å². The Hall–Kier alpha value is -0.610. The summed E-state index contributed by atoms with van der Waals surface area (Å²) in [6, 6.07) is 0.190. The molecule has 1 saturated heterocycles. The second-order valence-corrected chi connectivity index (χ2v) is 4.07. The second-order valence-electron chi connectivity index (χ2n) is 4.07. The third kappa shape index (κ3) is 2.45. The van der Waals surface area contributed by atoms with Gasteiger partial charge in [0.1, 0.15) is 5.54 Å². The SMILES string of the molecule is CNC1(C(=O)NC(C)C)CCOCC1. The molecule has 1 fully saturated rings. The molecule has 4 heteroatoms. The Labute approximate surface area is 85.4 Å². The highest BCUT2D eigenvalue weighted by molar-refractivity contribution is 5.86. The summed E-state index contributed by atoms with van der Waals surface area (Å²) >= 11 is 0. The lowest BCUT2D eigenvalue weighted by Crippen LogP contribution is -2.59. The lowest BCUT2D eigenvalue weighted by Gasteiger charge is -2.36. The Morgan fingerprint density at radius 3 is 2.36 bits per heavy atom. The van der Waals surface area contributed by atoms with Crippen LogP contribution < -0.4 is 10.6 Å². The van der Waals surface area contributed by atoms with Crippen molar-refractivity contribution in [2.75, 3.05) is 20.3 Å². The molecule has 1 amide bonds. The average Bonchev–Trinajstić information content (AvgIpc) is 2.18. The number of amides is 1. The van der Waals surface area contributed by atoms with Crippen LogP contribution in [0.4, 0.5) is 0 Å². The summed E-state index contributed by atoms with van der Waals surface area (Å²) in [5.41, 5.74) is -0.414. The van der Waals surface area contributed by atoms with Gasteiger partial charge in [-0.25, -0.2) is 0 Å². The topological polar surface area (TPSA) is 50.4 Å². The van der Waals surface area contributed by atoms with E-state index in [-0.39, 0.29) is 11.9 Å². The number of hydrogen-bond donors (Lipinski definition) is 2. The third-order valence-corrected chi connectivity index (χ3v) is 2.68. The van der Waals surface area contributed by atoms with Crippen molar-refractivity contribution < 1.29 is 9.53 Å². The molecule has 0 aromatic carbocycles. The Balaban J connectivity index is 2.62. The lowest BCUT2D eigenvalue weighted by molar-refractivity contribution is -0.131. The molecule has 0 aromatic heterocycles. The molecule has 0 bridgehead atoms. The van der Waals surface area contributed by atoms with E-state index in [1.54, 1.807) is 0 Å². The van der Waals surface area contributed by atoms with Crippen molar-refractivity contribution in [3.8, 4) is 0 Å². The zero-order valence-electron chi connectivity index (χ0n) is 9.22. The van der Waals surface area contributed by atoms with E-state index < -0.39 is 5.54 Å². The molecule has 0 saturated carbocycles. The predicted molar refractivity (Wildman–Crippen MR) is 55.1 cm³/mol. The molecular formula is C10H20N2O2. The van der Waals surface area contributed by atoms with Gasteiger partial charge < -0.3 is 15.4 Å². The van der Waals surface area contributed by atoms with E-state index in [4.69, 9.17) is 4.74 Å². The Morgan fingerprint density at radius 1 is 1.36 bits per heavy atom. The summed E-state index contributed by atoms with van der Waals surface area (Å²) in [6.07, 6.45) is 1.50. The van der Waals surface area contributed by atoms with Gasteiger partial charge in [0.2, 0.25) is 5.91 Å². The van der Waals surface area contributed by atoms with Crippen LogP contribution in [-0.2, 0) is 9.53 Å². The summed E-state index contributed by atoms with van der Waals surface area (Å²) in [6.45, 7) is 5.26. The highest BCUT2D eigenvalue weighted by Crippen LogP contribution is 2.20. The van der Waals surface area contributed by atoms with Gasteiger partial charge in [-0.2, -0.15) is 0 Å². The predicted octanol–water partition coefficient (Wildman–Crippen LogP) is 0.280. The van der Waals surface area contributed by atoms with Crippen LogP contribution in [0.2, 0.25) is 0 Å². The van der Waals surface area contributed by atoms with E-state index in [0.717, 1.165) is 12.8 Å². The first-order valence-electron chi connectivity index (χ1n) is 5.18. The molecule has 4 nitrogen and oxygen atoms in total. The van der Waals surface area contributed by atoms with Crippen molar-refractivity contribution in [2.24, 2.45) is 0 Å². The summed E-state index contributed by atoms with van der Waals surface area (Å²) in [5, 5.41) is 6.08. The molecule has 2 N–H and O–H groups in total. The van der Waals surface area contributed by atoms with Gasteiger partial charge >= 0.3 is 0 Å². The maximum Gasteiger partial charge on any atom is 0.240 e. The third-order valence-electron chi connectivity index (χ3n) is 2.68. The largest absolute Gasteiger partial charge is 0.381 e. The summed E-state index contributed by atoms with van der Waals surface area (Å²) in [7, 11) is 1.84. The molecule has 0 atom stereocenters. The molecular weight excluding hydrogens is 180 g/mol. The van der Waals surface area contributed by atoms with Crippen molar-refractivity contribution >= 4 is 5.91 Å². The Bertz CT molecular complexity index is 198. The second kappa shape index (κ2) is 4.75. The summed E-state index contributed by atoms with van der Waals surface area (Å²) < 4.78 is 5.26. The lowest BCUT2D eigenvalue weighted by atomic mass is 9.89. The molecule has 1 rings (SSSR count). The maximum absolute atomic E-state index is 11.9. The first-order valence-corrected chi connectivity index (χ1v) is 5.18. The molecule has 0 radical (unpaired) electrons. The van der Waals surface area contributed by atoms with E-state index in [1.807, 2.05) is 20.9 Å². The van der Waals surface area contributed by atoms with E-state index in [0.29, 0.717) is 13.2 Å². The van der Waals surface area contributed by atoms with Crippen LogP contribution in [-0.4, -0.2) is 37.7 Å². The standard InChI is InChI=1S/C10H20N2O2/c1-8(2)12-9(13)10(11-3)4-6-14-7-5-10/h8,11H,4-7H2,1-3H3,(H,12,13). The highest BCUT2D eigenvalue weighted by atomic mass is 16.5. The molecule has 0 unspecified atom stereocenters. The number of rotatable bonds is 3. The minimum absolute atomic E-state index is 0.0956. The van der Waals surface area contributed by atoms with Crippen molar-refractivity contribution in [2.45, 2.75) is 38.3 Å². The van der Waals surface area contributed by atoms with Crippen LogP contribution in [0.15, 0.2) is 0 Å². The summed E-state index contributed by atoms with van der Waals surface area (Å²) in [4.78, 5) is 11.9. The zero-order chi connectivity index (χ0) is 10.6. The van der Waals surface area contributed by atoms with Gasteiger partial charge in [0.15, 0.2) is 0 Å². The van der Waals surface area contributed by atoms with Crippen LogP contribution in [0.5, 0.6) is 0 Å². The van der Waals surface area contributed by atoms with Gasteiger partial charge in [-0.1, -0.05) is 0 Å². The fraction of sp³-hybridized carbons (Fsp3) is 0.900. The zero-order valence-corrected chi connectivity index (χ0v) is 9.22. The van der Waals surface area contributed by atoms with Crippen LogP contribution in [0.3, 0.4) is 0 Å². The van der Waals surface area contributed by atoms with Gasteiger partial charge in [0.25, 0.3) is 0 Å². The molecule has 1 aliphatic rings. The smallest absolute Gasteiger partial charge is 0.240 e. The van der Waals surface area contributed by atoms with Gasteiger partial charge in [0.05, 0.1) is 0 Å². The average molecular weight is 200 g/mol.